The summed E-state index contributed by atoms with van der Waals surface area (Å²) < 4.78 is 1.67. The smallest absolute Gasteiger partial charge is 0.196 e. The van der Waals surface area contributed by atoms with Crippen molar-refractivity contribution in [3.63, 3.8) is 0 Å². The first-order valence-electron chi connectivity index (χ1n) is 6.29. The average molecular weight is 286 g/mol. The van der Waals surface area contributed by atoms with E-state index < -0.39 is 5.60 Å². The quantitative estimate of drug-likeness (QED) is 0.674. The van der Waals surface area contributed by atoms with Crippen molar-refractivity contribution >= 4 is 31.5 Å². The maximum absolute atomic E-state index is 12.7. The van der Waals surface area contributed by atoms with Gasteiger partial charge in [-0.1, -0.05) is 12.1 Å². The molecule has 0 aliphatic rings. The van der Waals surface area contributed by atoms with Gasteiger partial charge in [0, 0.05) is 20.2 Å². The molecule has 3 rings (SSSR count). The molecular weight excluding hydrogens is 272 g/mol. The largest absolute Gasteiger partial charge is 0.508 e. The molecule has 0 saturated heterocycles. The molecule has 3 nitrogen and oxygen atoms in total. The van der Waals surface area contributed by atoms with Gasteiger partial charge in [-0.15, -0.1) is 11.3 Å². The first-order chi connectivity index (χ1) is 9.38. The second-order valence-corrected chi connectivity index (χ2v) is 6.43. The Morgan fingerprint density at radius 2 is 1.85 bits per heavy atom. The van der Waals surface area contributed by atoms with E-state index in [1.807, 2.05) is 12.1 Å². The van der Waals surface area contributed by atoms with Gasteiger partial charge in [-0.05, 0) is 43.7 Å². The summed E-state index contributed by atoms with van der Waals surface area (Å²) in [5, 5.41) is 20.8. The predicted octanol–water partition coefficient (Wildman–Crippen LogP) is 3.35. The third-order valence-corrected chi connectivity index (χ3v) is 4.48. The van der Waals surface area contributed by atoms with E-state index in [1.54, 1.807) is 32.0 Å². The summed E-state index contributed by atoms with van der Waals surface area (Å²) >= 11 is 1.48. The summed E-state index contributed by atoms with van der Waals surface area (Å²) in [6.45, 7) is 3.33. The van der Waals surface area contributed by atoms with E-state index in [0.717, 1.165) is 9.40 Å². The van der Waals surface area contributed by atoms with Crippen LogP contribution < -0.4 is 5.43 Å². The highest BCUT2D eigenvalue weighted by Gasteiger charge is 2.21. The lowest BCUT2D eigenvalue weighted by Gasteiger charge is -2.19. The van der Waals surface area contributed by atoms with Crippen LogP contribution in [0.4, 0.5) is 0 Å². The van der Waals surface area contributed by atoms with E-state index in [4.69, 9.17) is 0 Å². The number of fused-ring (bicyclic) bond motifs is 2. The van der Waals surface area contributed by atoms with Crippen LogP contribution in [-0.2, 0) is 5.60 Å². The van der Waals surface area contributed by atoms with Crippen molar-refractivity contribution < 1.29 is 10.2 Å². The Kier molecular flexibility index (Phi) is 2.81. The molecule has 1 heterocycles. The highest BCUT2D eigenvalue weighted by Crippen LogP contribution is 2.32. The Morgan fingerprint density at radius 3 is 2.55 bits per heavy atom. The molecule has 4 heteroatoms. The fourth-order valence-electron chi connectivity index (χ4n) is 2.40. The van der Waals surface area contributed by atoms with Crippen molar-refractivity contribution in [2.75, 3.05) is 0 Å². The molecular formula is C16H14O3S. The zero-order valence-electron chi connectivity index (χ0n) is 11.2. The van der Waals surface area contributed by atoms with Gasteiger partial charge in [0.15, 0.2) is 5.43 Å². The predicted molar refractivity (Wildman–Crippen MR) is 82.5 cm³/mol. The molecule has 2 N–H and O–H groups in total. The fourth-order valence-corrected chi connectivity index (χ4v) is 3.48. The molecule has 0 aliphatic heterocycles. The average Bonchev–Trinajstić information content (AvgIpc) is 2.38. The van der Waals surface area contributed by atoms with Crippen LogP contribution in [-0.4, -0.2) is 10.2 Å². The van der Waals surface area contributed by atoms with Crippen LogP contribution in [0.3, 0.4) is 0 Å². The molecule has 1 aromatic heterocycles. The van der Waals surface area contributed by atoms with Crippen LogP contribution in [0, 0.1) is 0 Å². The SMILES string of the molecule is CC(C)(O)c1cccc2sc3ccc(O)cc3c(=O)c12. The highest BCUT2D eigenvalue weighted by molar-refractivity contribution is 7.24. The second-order valence-electron chi connectivity index (χ2n) is 5.35. The molecule has 0 radical (unpaired) electrons. The van der Waals surface area contributed by atoms with Crippen LogP contribution in [0.5, 0.6) is 5.75 Å². The first-order valence-corrected chi connectivity index (χ1v) is 7.11. The van der Waals surface area contributed by atoms with E-state index in [0.29, 0.717) is 16.3 Å². The summed E-state index contributed by atoms with van der Waals surface area (Å²) in [6.07, 6.45) is 0. The van der Waals surface area contributed by atoms with Crippen LogP contribution in [0.2, 0.25) is 0 Å². The van der Waals surface area contributed by atoms with Crippen LogP contribution in [0.25, 0.3) is 20.2 Å². The zero-order valence-corrected chi connectivity index (χ0v) is 12.0. The van der Waals surface area contributed by atoms with Gasteiger partial charge in [0.1, 0.15) is 5.75 Å². The standard InChI is InChI=1S/C16H14O3S/c1-16(2,19)11-4-3-5-13-14(11)15(18)10-8-9(17)6-7-12(10)20-13/h3-8,17,19H,1-2H3. The molecule has 2 aromatic carbocycles. The number of hydrogen-bond donors (Lipinski definition) is 2. The number of benzene rings is 2. The number of aliphatic hydroxyl groups is 1. The minimum absolute atomic E-state index is 0.0712. The number of aromatic hydroxyl groups is 1. The molecule has 0 bridgehead atoms. The van der Waals surface area contributed by atoms with Gasteiger partial charge in [0.25, 0.3) is 0 Å². The third-order valence-electron chi connectivity index (χ3n) is 3.34. The number of hydrogen-bond acceptors (Lipinski definition) is 4. The van der Waals surface area contributed by atoms with Gasteiger partial charge >= 0.3 is 0 Å². The van der Waals surface area contributed by atoms with Gasteiger partial charge in [0.2, 0.25) is 0 Å². The summed E-state index contributed by atoms with van der Waals surface area (Å²) in [5.74, 6) is 0.0712. The maximum Gasteiger partial charge on any atom is 0.196 e. The van der Waals surface area contributed by atoms with E-state index in [9.17, 15) is 15.0 Å². The monoisotopic (exact) mass is 286 g/mol. The Morgan fingerprint density at radius 1 is 1.10 bits per heavy atom. The minimum atomic E-state index is -1.09. The van der Waals surface area contributed by atoms with Gasteiger partial charge in [-0.2, -0.15) is 0 Å². The molecule has 0 spiro atoms. The van der Waals surface area contributed by atoms with Crippen molar-refractivity contribution in [3.8, 4) is 5.75 Å². The molecule has 0 aliphatic carbocycles. The second kappa shape index (κ2) is 4.30. The summed E-state index contributed by atoms with van der Waals surface area (Å²) in [4.78, 5) is 12.7. The van der Waals surface area contributed by atoms with Gasteiger partial charge in [0.05, 0.1) is 5.60 Å². The lowest BCUT2D eigenvalue weighted by atomic mass is 9.94. The van der Waals surface area contributed by atoms with Gasteiger partial charge in [-0.3, -0.25) is 4.79 Å². The molecule has 102 valence electrons. The Labute approximate surface area is 119 Å². The Balaban J connectivity index is 2.56. The molecule has 0 amide bonds. The Hall–Kier alpha value is -1.91. The minimum Gasteiger partial charge on any atom is -0.508 e. The molecule has 3 aromatic rings. The van der Waals surface area contributed by atoms with Crippen molar-refractivity contribution in [2.24, 2.45) is 0 Å². The molecule has 0 atom stereocenters. The zero-order chi connectivity index (χ0) is 14.5. The lowest BCUT2D eigenvalue weighted by Crippen LogP contribution is -2.18. The normalized spacial score (nSPS) is 12.2. The van der Waals surface area contributed by atoms with Crippen molar-refractivity contribution in [3.05, 3.63) is 52.2 Å². The summed E-state index contributed by atoms with van der Waals surface area (Å²) in [7, 11) is 0. The van der Waals surface area contributed by atoms with E-state index in [1.165, 1.54) is 17.4 Å². The number of rotatable bonds is 1. The van der Waals surface area contributed by atoms with Crippen LogP contribution in [0.15, 0.2) is 41.2 Å². The maximum atomic E-state index is 12.7. The molecule has 20 heavy (non-hydrogen) atoms. The van der Waals surface area contributed by atoms with Gasteiger partial charge in [-0.25, -0.2) is 0 Å². The van der Waals surface area contributed by atoms with Crippen LogP contribution in [0.1, 0.15) is 19.4 Å². The van der Waals surface area contributed by atoms with Crippen molar-refractivity contribution in [2.45, 2.75) is 19.4 Å². The van der Waals surface area contributed by atoms with Gasteiger partial charge < -0.3 is 10.2 Å². The first kappa shape index (κ1) is 13.1. The molecule has 0 unspecified atom stereocenters. The van der Waals surface area contributed by atoms with E-state index >= 15 is 0 Å². The Bertz CT molecular complexity index is 872. The van der Waals surface area contributed by atoms with E-state index in [2.05, 4.69) is 0 Å². The van der Waals surface area contributed by atoms with E-state index in [-0.39, 0.29) is 11.2 Å². The topological polar surface area (TPSA) is 57.5 Å². The van der Waals surface area contributed by atoms with Crippen LogP contribution >= 0.6 is 11.3 Å². The molecule has 0 fully saturated rings. The fraction of sp³-hybridized carbons (Fsp3) is 0.188. The number of phenolic OH excluding ortho intramolecular Hbond substituents is 1. The lowest BCUT2D eigenvalue weighted by molar-refractivity contribution is 0.0802. The molecule has 0 saturated carbocycles. The van der Waals surface area contributed by atoms with Crippen molar-refractivity contribution in [1.82, 2.24) is 0 Å². The third kappa shape index (κ3) is 1.97. The van der Waals surface area contributed by atoms with Crippen molar-refractivity contribution in [1.29, 1.82) is 0 Å². The highest BCUT2D eigenvalue weighted by atomic mass is 32.1. The summed E-state index contributed by atoms with van der Waals surface area (Å²) in [5.41, 5.74) is -0.625. The number of phenols is 1. The summed E-state index contributed by atoms with van der Waals surface area (Å²) in [6, 6.07) is 10.3.